The monoisotopic (exact) mass is 192 g/mol. The lowest BCUT2D eigenvalue weighted by Gasteiger charge is -2.07. The van der Waals surface area contributed by atoms with E-state index in [0.29, 0.717) is 17.9 Å². The number of phenols is 1. The maximum atomic E-state index is 11.2. The van der Waals surface area contributed by atoms with E-state index in [1.807, 2.05) is 6.92 Å². The predicted octanol–water partition coefficient (Wildman–Crippen LogP) is 2.09. The number of phenolic OH excluding ortho intramolecular Hbond substituents is 1. The van der Waals surface area contributed by atoms with Gasteiger partial charge < -0.3 is 9.84 Å². The van der Waals surface area contributed by atoms with Crippen LogP contribution in [-0.2, 0) is 0 Å². The highest BCUT2D eigenvalue weighted by molar-refractivity contribution is 5.97. The molecule has 1 aliphatic heterocycles. The maximum absolute atomic E-state index is 11.2. The van der Waals surface area contributed by atoms with Crippen molar-refractivity contribution >= 4 is 5.78 Å². The molecular weight excluding hydrogens is 180 g/mol. The third-order valence-electron chi connectivity index (χ3n) is 2.54. The number of benzene rings is 1. The van der Waals surface area contributed by atoms with Crippen LogP contribution in [0.15, 0.2) is 12.1 Å². The molecule has 14 heavy (non-hydrogen) atoms. The molecule has 2 rings (SSSR count). The lowest BCUT2D eigenvalue weighted by molar-refractivity contribution is 0.101. The van der Waals surface area contributed by atoms with Crippen molar-refractivity contribution < 1.29 is 14.6 Å². The van der Waals surface area contributed by atoms with E-state index in [1.165, 1.54) is 6.92 Å². The first kappa shape index (κ1) is 9.06. The van der Waals surface area contributed by atoms with Crippen molar-refractivity contribution in [2.75, 3.05) is 6.61 Å². The minimum atomic E-state index is -0.121. The zero-order chi connectivity index (χ0) is 10.3. The second kappa shape index (κ2) is 3.01. The molecule has 3 heteroatoms. The first-order valence-electron chi connectivity index (χ1n) is 4.61. The van der Waals surface area contributed by atoms with Crippen molar-refractivity contribution in [3.05, 3.63) is 23.3 Å². The van der Waals surface area contributed by atoms with E-state index in [0.717, 1.165) is 5.56 Å². The topological polar surface area (TPSA) is 46.5 Å². The van der Waals surface area contributed by atoms with Gasteiger partial charge in [0, 0.05) is 11.5 Å². The lowest BCUT2D eigenvalue weighted by atomic mass is 9.98. The van der Waals surface area contributed by atoms with Crippen LogP contribution in [0.4, 0.5) is 0 Å². The molecule has 0 amide bonds. The van der Waals surface area contributed by atoms with E-state index in [-0.39, 0.29) is 17.5 Å². The minimum absolute atomic E-state index is 0.0833. The summed E-state index contributed by atoms with van der Waals surface area (Å²) in [6.07, 6.45) is 0. The number of rotatable bonds is 1. The van der Waals surface area contributed by atoms with E-state index in [4.69, 9.17) is 4.74 Å². The second-order valence-corrected chi connectivity index (χ2v) is 3.64. The minimum Gasteiger partial charge on any atom is -0.507 e. The van der Waals surface area contributed by atoms with Crippen LogP contribution < -0.4 is 4.74 Å². The van der Waals surface area contributed by atoms with Gasteiger partial charge in [-0.1, -0.05) is 6.92 Å². The maximum Gasteiger partial charge on any atom is 0.163 e. The van der Waals surface area contributed by atoms with Crippen molar-refractivity contribution in [3.8, 4) is 11.5 Å². The molecule has 0 radical (unpaired) electrons. The Morgan fingerprint density at radius 1 is 1.57 bits per heavy atom. The number of fused-ring (bicyclic) bond motifs is 1. The summed E-state index contributed by atoms with van der Waals surface area (Å²) >= 11 is 0. The molecule has 0 spiro atoms. The van der Waals surface area contributed by atoms with Crippen molar-refractivity contribution in [2.24, 2.45) is 0 Å². The van der Waals surface area contributed by atoms with E-state index in [2.05, 4.69) is 0 Å². The van der Waals surface area contributed by atoms with Crippen molar-refractivity contribution in [2.45, 2.75) is 19.8 Å². The summed E-state index contributed by atoms with van der Waals surface area (Å²) in [5.74, 6) is 0.814. The molecule has 74 valence electrons. The highest BCUT2D eigenvalue weighted by Crippen LogP contribution is 2.41. The fraction of sp³-hybridized carbons (Fsp3) is 0.364. The Bertz CT molecular complexity index is 396. The summed E-state index contributed by atoms with van der Waals surface area (Å²) < 4.78 is 5.35. The molecule has 1 unspecified atom stereocenters. The molecule has 1 atom stereocenters. The molecule has 1 heterocycles. The van der Waals surface area contributed by atoms with Crippen LogP contribution in [0.5, 0.6) is 11.5 Å². The van der Waals surface area contributed by atoms with Crippen LogP contribution >= 0.6 is 0 Å². The molecule has 0 aromatic heterocycles. The van der Waals surface area contributed by atoms with Crippen molar-refractivity contribution in [1.29, 1.82) is 0 Å². The normalized spacial score (nSPS) is 18.9. The number of aromatic hydroxyl groups is 1. The van der Waals surface area contributed by atoms with Crippen molar-refractivity contribution in [3.63, 3.8) is 0 Å². The van der Waals surface area contributed by atoms with Gasteiger partial charge in [-0.3, -0.25) is 4.79 Å². The summed E-state index contributed by atoms with van der Waals surface area (Å²) in [5, 5.41) is 9.85. The Balaban J connectivity index is 2.61. The van der Waals surface area contributed by atoms with E-state index in [9.17, 15) is 9.90 Å². The summed E-state index contributed by atoms with van der Waals surface area (Å²) in [5.41, 5.74) is 1.14. The number of ketones is 1. The van der Waals surface area contributed by atoms with Crippen LogP contribution in [0.2, 0.25) is 0 Å². The molecule has 1 aliphatic rings. The van der Waals surface area contributed by atoms with Gasteiger partial charge in [0.05, 0.1) is 12.2 Å². The van der Waals surface area contributed by atoms with E-state index >= 15 is 0 Å². The molecule has 0 bridgehead atoms. The van der Waals surface area contributed by atoms with Gasteiger partial charge in [0.25, 0.3) is 0 Å². The van der Waals surface area contributed by atoms with Crippen LogP contribution in [0.3, 0.4) is 0 Å². The van der Waals surface area contributed by atoms with Gasteiger partial charge >= 0.3 is 0 Å². The molecule has 3 nitrogen and oxygen atoms in total. The largest absolute Gasteiger partial charge is 0.507 e. The molecule has 0 aliphatic carbocycles. The molecule has 1 aromatic rings. The smallest absolute Gasteiger partial charge is 0.163 e. The zero-order valence-electron chi connectivity index (χ0n) is 8.20. The Hall–Kier alpha value is -1.51. The number of ether oxygens (including phenoxy) is 1. The van der Waals surface area contributed by atoms with Gasteiger partial charge in [0.15, 0.2) is 5.78 Å². The molecule has 0 saturated heterocycles. The first-order chi connectivity index (χ1) is 6.61. The van der Waals surface area contributed by atoms with Crippen molar-refractivity contribution in [1.82, 2.24) is 0 Å². The van der Waals surface area contributed by atoms with E-state index < -0.39 is 0 Å². The SMILES string of the molecule is CC(=O)c1ccc2c(c1O)C(C)CO2. The number of Topliss-reactive ketones (excluding diaryl/α,β-unsaturated/α-hetero) is 1. The number of carbonyl (C=O) groups is 1. The second-order valence-electron chi connectivity index (χ2n) is 3.64. The van der Waals surface area contributed by atoms with Crippen LogP contribution in [0.25, 0.3) is 0 Å². The highest BCUT2D eigenvalue weighted by atomic mass is 16.5. The molecule has 1 aromatic carbocycles. The van der Waals surface area contributed by atoms with Gasteiger partial charge in [0.2, 0.25) is 0 Å². The van der Waals surface area contributed by atoms with Gasteiger partial charge in [-0.15, -0.1) is 0 Å². The standard InChI is InChI=1S/C11H12O3/c1-6-5-14-9-4-3-8(7(2)12)11(13)10(6)9/h3-4,6,13H,5H2,1-2H3. The first-order valence-corrected chi connectivity index (χ1v) is 4.61. The van der Waals surface area contributed by atoms with Gasteiger partial charge in [0.1, 0.15) is 11.5 Å². The molecule has 1 N–H and O–H groups in total. The third kappa shape index (κ3) is 1.16. The summed E-state index contributed by atoms with van der Waals surface area (Å²) in [6, 6.07) is 3.35. The number of hydrogen-bond donors (Lipinski definition) is 1. The Morgan fingerprint density at radius 3 is 2.93 bits per heavy atom. The molecule has 0 fully saturated rings. The average molecular weight is 192 g/mol. The lowest BCUT2D eigenvalue weighted by Crippen LogP contribution is -1.97. The summed E-state index contributed by atoms with van der Waals surface area (Å²) in [7, 11) is 0. The highest BCUT2D eigenvalue weighted by Gasteiger charge is 2.26. The van der Waals surface area contributed by atoms with Gasteiger partial charge in [-0.2, -0.15) is 0 Å². The third-order valence-corrected chi connectivity index (χ3v) is 2.54. The average Bonchev–Trinajstić information content (AvgIpc) is 2.48. The Kier molecular flexibility index (Phi) is 1.95. The van der Waals surface area contributed by atoms with Gasteiger partial charge in [-0.05, 0) is 19.1 Å². The van der Waals surface area contributed by atoms with E-state index in [1.54, 1.807) is 12.1 Å². The Labute approximate surface area is 82.3 Å². The quantitative estimate of drug-likeness (QED) is 0.693. The van der Waals surface area contributed by atoms with Gasteiger partial charge in [-0.25, -0.2) is 0 Å². The Morgan fingerprint density at radius 2 is 2.29 bits per heavy atom. The van der Waals surface area contributed by atoms with Crippen LogP contribution in [-0.4, -0.2) is 17.5 Å². The van der Waals surface area contributed by atoms with Crippen LogP contribution in [0, 0.1) is 0 Å². The number of carbonyl (C=O) groups excluding carboxylic acids is 1. The summed E-state index contributed by atoms with van der Waals surface area (Å²) in [4.78, 5) is 11.2. The predicted molar refractivity (Wildman–Crippen MR) is 52.0 cm³/mol. The number of hydrogen-bond acceptors (Lipinski definition) is 3. The fourth-order valence-corrected chi connectivity index (χ4v) is 1.77. The zero-order valence-corrected chi connectivity index (χ0v) is 8.20. The molecule has 0 saturated carbocycles. The summed E-state index contributed by atoms with van der Waals surface area (Å²) in [6.45, 7) is 3.99. The van der Waals surface area contributed by atoms with Crippen LogP contribution in [0.1, 0.15) is 35.7 Å². The molecular formula is C11H12O3. The fourth-order valence-electron chi connectivity index (χ4n) is 1.77.